The van der Waals surface area contributed by atoms with Crippen molar-refractivity contribution < 1.29 is 23.1 Å². The predicted molar refractivity (Wildman–Crippen MR) is 40.4 cm³/mol. The van der Waals surface area contributed by atoms with E-state index >= 15 is 0 Å². The number of hydrogen-bond acceptors (Lipinski definition) is 2. The fraction of sp³-hybridized carbons (Fsp3) is 0. The highest BCUT2D eigenvalue weighted by molar-refractivity contribution is 5.83. The van der Waals surface area contributed by atoms with Gasteiger partial charge < -0.3 is 9.90 Å². The average molecular weight is 201 g/mol. The van der Waals surface area contributed by atoms with Crippen molar-refractivity contribution in [1.29, 1.82) is 0 Å². The van der Waals surface area contributed by atoms with Crippen LogP contribution in [0.5, 0.6) is 0 Å². The SMILES string of the molecule is O=C([O-])/C=C/c1cc(F)c(F)c(F)c1. The molecule has 0 saturated carbocycles. The molecule has 0 atom stereocenters. The van der Waals surface area contributed by atoms with Crippen LogP contribution in [-0.2, 0) is 4.79 Å². The zero-order chi connectivity index (χ0) is 10.7. The Hall–Kier alpha value is -1.78. The second kappa shape index (κ2) is 3.95. The second-order valence-electron chi connectivity index (χ2n) is 2.45. The van der Waals surface area contributed by atoms with Gasteiger partial charge in [-0.2, -0.15) is 0 Å². The van der Waals surface area contributed by atoms with Gasteiger partial charge in [-0.15, -0.1) is 0 Å². The average Bonchev–Trinajstić information content (AvgIpc) is 2.10. The van der Waals surface area contributed by atoms with E-state index in [9.17, 15) is 23.1 Å². The lowest BCUT2D eigenvalue weighted by Gasteiger charge is -1.98. The molecule has 0 radical (unpaired) electrons. The van der Waals surface area contributed by atoms with Crippen LogP contribution in [0.4, 0.5) is 13.2 Å². The van der Waals surface area contributed by atoms with E-state index in [1.54, 1.807) is 0 Å². The molecule has 0 heterocycles. The molecule has 0 aliphatic carbocycles. The largest absolute Gasteiger partial charge is 0.545 e. The molecule has 0 bridgehead atoms. The van der Waals surface area contributed by atoms with Gasteiger partial charge in [-0.3, -0.25) is 0 Å². The van der Waals surface area contributed by atoms with Gasteiger partial charge in [0, 0.05) is 0 Å². The summed E-state index contributed by atoms with van der Waals surface area (Å²) >= 11 is 0. The van der Waals surface area contributed by atoms with Gasteiger partial charge in [0.1, 0.15) is 0 Å². The van der Waals surface area contributed by atoms with Crippen molar-refractivity contribution in [3.05, 3.63) is 41.2 Å². The van der Waals surface area contributed by atoms with Crippen molar-refractivity contribution >= 4 is 12.0 Å². The van der Waals surface area contributed by atoms with Crippen LogP contribution in [0.15, 0.2) is 18.2 Å². The van der Waals surface area contributed by atoms with E-state index in [0.717, 1.165) is 6.08 Å². The smallest absolute Gasteiger partial charge is 0.194 e. The number of carboxylic acid groups (broad SMARTS) is 1. The maximum absolute atomic E-state index is 12.6. The number of hydrogen-bond donors (Lipinski definition) is 0. The molecule has 0 amide bonds. The quantitative estimate of drug-likeness (QED) is 0.526. The Kier molecular flexibility index (Phi) is 2.91. The highest BCUT2D eigenvalue weighted by atomic mass is 19.2. The molecule has 0 fully saturated rings. The Morgan fingerprint density at radius 2 is 1.71 bits per heavy atom. The van der Waals surface area contributed by atoms with Gasteiger partial charge in [-0.05, 0) is 23.8 Å². The van der Waals surface area contributed by atoms with E-state index in [4.69, 9.17) is 0 Å². The van der Waals surface area contributed by atoms with Gasteiger partial charge in [0.15, 0.2) is 17.5 Å². The molecule has 0 aliphatic rings. The van der Waals surface area contributed by atoms with Crippen LogP contribution in [0.25, 0.3) is 6.08 Å². The fourth-order valence-corrected chi connectivity index (χ4v) is 0.836. The van der Waals surface area contributed by atoms with E-state index in [1.165, 1.54) is 0 Å². The lowest BCUT2D eigenvalue weighted by molar-refractivity contribution is -0.297. The summed E-state index contributed by atoms with van der Waals surface area (Å²) in [5.74, 6) is -5.84. The Balaban J connectivity index is 3.07. The monoisotopic (exact) mass is 201 g/mol. The number of carboxylic acids is 1. The Morgan fingerprint density at radius 1 is 1.21 bits per heavy atom. The standard InChI is InChI=1S/C9H5F3O2/c10-6-3-5(1-2-8(13)14)4-7(11)9(6)12/h1-4H,(H,13,14)/p-1/b2-1+. The van der Waals surface area contributed by atoms with Gasteiger partial charge in [-0.1, -0.05) is 6.08 Å². The second-order valence-corrected chi connectivity index (χ2v) is 2.45. The van der Waals surface area contributed by atoms with Crippen molar-refractivity contribution in [3.8, 4) is 0 Å². The third kappa shape index (κ3) is 2.35. The molecular formula is C9H4F3O2-. The van der Waals surface area contributed by atoms with Crippen LogP contribution in [0, 0.1) is 17.5 Å². The molecule has 0 N–H and O–H groups in total. The number of benzene rings is 1. The molecule has 5 heteroatoms. The summed E-state index contributed by atoms with van der Waals surface area (Å²) in [7, 11) is 0. The molecular weight excluding hydrogens is 197 g/mol. The van der Waals surface area contributed by atoms with Crippen molar-refractivity contribution in [1.82, 2.24) is 0 Å². The zero-order valence-electron chi connectivity index (χ0n) is 6.76. The van der Waals surface area contributed by atoms with Crippen LogP contribution < -0.4 is 5.11 Å². The molecule has 0 aromatic heterocycles. The number of carbonyl (C=O) groups excluding carboxylic acids is 1. The lowest BCUT2D eigenvalue weighted by atomic mass is 10.2. The third-order valence-corrected chi connectivity index (χ3v) is 1.42. The topological polar surface area (TPSA) is 40.1 Å². The minimum absolute atomic E-state index is 0.0920. The van der Waals surface area contributed by atoms with E-state index in [0.29, 0.717) is 18.2 Å². The minimum Gasteiger partial charge on any atom is -0.545 e. The van der Waals surface area contributed by atoms with Crippen molar-refractivity contribution in [2.75, 3.05) is 0 Å². The van der Waals surface area contributed by atoms with Crippen molar-refractivity contribution in [2.24, 2.45) is 0 Å². The van der Waals surface area contributed by atoms with Gasteiger partial charge in [0.2, 0.25) is 0 Å². The Bertz CT molecular complexity index is 376. The molecule has 0 unspecified atom stereocenters. The van der Waals surface area contributed by atoms with Gasteiger partial charge in [0.05, 0.1) is 5.97 Å². The molecule has 2 nitrogen and oxygen atoms in total. The molecule has 0 spiro atoms. The number of carbonyl (C=O) groups is 1. The molecule has 14 heavy (non-hydrogen) atoms. The molecule has 1 rings (SSSR count). The van der Waals surface area contributed by atoms with Crippen LogP contribution >= 0.6 is 0 Å². The van der Waals surface area contributed by atoms with E-state index < -0.39 is 23.4 Å². The van der Waals surface area contributed by atoms with Crippen LogP contribution in [0.1, 0.15) is 5.56 Å². The Labute approximate surface area is 77.3 Å². The number of rotatable bonds is 2. The first-order valence-electron chi connectivity index (χ1n) is 3.54. The van der Waals surface area contributed by atoms with Gasteiger partial charge >= 0.3 is 0 Å². The van der Waals surface area contributed by atoms with Gasteiger partial charge in [0.25, 0.3) is 0 Å². The van der Waals surface area contributed by atoms with Crippen LogP contribution in [-0.4, -0.2) is 5.97 Å². The lowest BCUT2D eigenvalue weighted by Crippen LogP contribution is -2.18. The first-order valence-corrected chi connectivity index (χ1v) is 3.54. The summed E-state index contributed by atoms with van der Waals surface area (Å²) in [6, 6.07) is 1.36. The first-order chi connectivity index (χ1) is 6.50. The summed E-state index contributed by atoms with van der Waals surface area (Å²) in [6.45, 7) is 0. The normalized spacial score (nSPS) is 10.8. The van der Waals surface area contributed by atoms with Crippen LogP contribution in [0.3, 0.4) is 0 Å². The summed E-state index contributed by atoms with van der Waals surface area (Å²) < 4.78 is 37.5. The van der Waals surface area contributed by atoms with Crippen molar-refractivity contribution in [2.45, 2.75) is 0 Å². The van der Waals surface area contributed by atoms with E-state index in [-0.39, 0.29) is 5.56 Å². The highest BCUT2D eigenvalue weighted by Crippen LogP contribution is 2.14. The summed E-state index contributed by atoms with van der Waals surface area (Å²) in [6.07, 6.45) is 1.49. The maximum Gasteiger partial charge on any atom is 0.194 e. The van der Waals surface area contributed by atoms with Crippen molar-refractivity contribution in [3.63, 3.8) is 0 Å². The Morgan fingerprint density at radius 3 is 2.14 bits per heavy atom. The molecule has 1 aromatic rings. The fourth-order valence-electron chi connectivity index (χ4n) is 0.836. The number of halogens is 3. The highest BCUT2D eigenvalue weighted by Gasteiger charge is 2.08. The van der Waals surface area contributed by atoms with E-state index in [2.05, 4.69) is 0 Å². The zero-order valence-corrected chi connectivity index (χ0v) is 6.76. The predicted octanol–water partition coefficient (Wildman–Crippen LogP) is 0.867. The van der Waals surface area contributed by atoms with Gasteiger partial charge in [-0.25, -0.2) is 13.2 Å². The number of aliphatic carboxylic acids is 1. The molecule has 0 aliphatic heterocycles. The molecule has 0 saturated heterocycles. The first kappa shape index (κ1) is 10.3. The van der Waals surface area contributed by atoms with Crippen LogP contribution in [0.2, 0.25) is 0 Å². The van der Waals surface area contributed by atoms with E-state index in [1.807, 2.05) is 0 Å². The minimum atomic E-state index is -1.59. The summed E-state index contributed by atoms with van der Waals surface area (Å²) in [5.41, 5.74) is -0.0920. The summed E-state index contributed by atoms with van der Waals surface area (Å²) in [5, 5.41) is 9.95. The summed E-state index contributed by atoms with van der Waals surface area (Å²) in [4.78, 5) is 9.95. The third-order valence-electron chi connectivity index (χ3n) is 1.42. The maximum atomic E-state index is 12.6. The molecule has 1 aromatic carbocycles. The molecule has 74 valence electrons.